The van der Waals surface area contributed by atoms with Gasteiger partial charge in [0.05, 0.1) is 0 Å². The molecule has 0 aliphatic heterocycles. The molecule has 1 nitrogen and oxygen atoms in total. The van der Waals surface area contributed by atoms with E-state index in [1.165, 1.54) is 65.0 Å². The average molecular weight is 357 g/mol. The highest BCUT2D eigenvalue weighted by atomic mass is 14.6. The summed E-state index contributed by atoms with van der Waals surface area (Å²) in [5.74, 6) is 0. The fourth-order valence-electron chi connectivity index (χ4n) is 4.85. The van der Waals surface area contributed by atoms with Gasteiger partial charge in [-0.2, -0.15) is 0 Å². The van der Waals surface area contributed by atoms with Gasteiger partial charge in [-0.05, 0) is 79.5 Å². The van der Waals surface area contributed by atoms with Crippen LogP contribution in [-0.4, -0.2) is 4.98 Å². The number of aromatic nitrogens is 1. The first kappa shape index (κ1) is 15.6. The van der Waals surface area contributed by atoms with Crippen molar-refractivity contribution >= 4 is 53.9 Å². The van der Waals surface area contributed by atoms with Gasteiger partial charge in [-0.3, -0.25) is 4.98 Å². The lowest BCUT2D eigenvalue weighted by atomic mass is 9.88. The zero-order chi connectivity index (χ0) is 18.8. The van der Waals surface area contributed by atoms with Crippen molar-refractivity contribution in [2.75, 3.05) is 0 Å². The maximum absolute atomic E-state index is 4.46. The molecule has 1 aromatic heterocycles. The molecule has 28 heavy (non-hydrogen) atoms. The van der Waals surface area contributed by atoms with Crippen molar-refractivity contribution in [3.05, 3.63) is 90.3 Å². The molecule has 0 bridgehead atoms. The molecule has 5 aromatic carbocycles. The van der Waals surface area contributed by atoms with E-state index in [4.69, 9.17) is 0 Å². The molecule has 0 fully saturated rings. The molecule has 0 amide bonds. The van der Waals surface area contributed by atoms with Crippen LogP contribution >= 0.6 is 0 Å². The van der Waals surface area contributed by atoms with Crippen LogP contribution in [0, 0.1) is 13.8 Å². The minimum atomic E-state index is 1.23. The highest BCUT2D eigenvalue weighted by molar-refractivity contribution is 6.32. The summed E-state index contributed by atoms with van der Waals surface area (Å²) in [6.45, 7) is 4.43. The summed E-state index contributed by atoms with van der Waals surface area (Å²) in [5, 5.41) is 13.0. The van der Waals surface area contributed by atoms with Crippen LogP contribution in [0.3, 0.4) is 0 Å². The van der Waals surface area contributed by atoms with E-state index < -0.39 is 0 Å². The van der Waals surface area contributed by atoms with Gasteiger partial charge in [0.2, 0.25) is 0 Å². The van der Waals surface area contributed by atoms with Gasteiger partial charge in [0.15, 0.2) is 0 Å². The van der Waals surface area contributed by atoms with Gasteiger partial charge in [0, 0.05) is 17.8 Å². The van der Waals surface area contributed by atoms with Crippen molar-refractivity contribution < 1.29 is 0 Å². The van der Waals surface area contributed by atoms with Gasteiger partial charge < -0.3 is 0 Å². The number of rotatable bonds is 0. The standard InChI is InChI=1S/C27H19N/c1-16-13-19-11-12-28-15-24(19)27-22(16)10-8-20-14-17(2)21-9-7-18-5-3-4-6-23(18)26(21)25(20)27/h3-15H,1-2H3. The molecule has 0 saturated carbocycles. The Bertz CT molecular complexity index is 1540. The molecule has 6 rings (SSSR count). The molecule has 0 saturated heterocycles. The number of hydrogen-bond acceptors (Lipinski definition) is 1. The third-order valence-corrected chi connectivity index (χ3v) is 6.13. The van der Waals surface area contributed by atoms with Crippen LogP contribution in [0.15, 0.2) is 79.1 Å². The Kier molecular flexibility index (Phi) is 3.08. The number of nitrogens with zero attached hydrogens (tertiary/aromatic N) is 1. The molecule has 0 N–H and O–H groups in total. The van der Waals surface area contributed by atoms with Crippen LogP contribution in [-0.2, 0) is 0 Å². The lowest BCUT2D eigenvalue weighted by Crippen LogP contribution is -1.89. The first-order valence-corrected chi connectivity index (χ1v) is 9.73. The zero-order valence-corrected chi connectivity index (χ0v) is 16.0. The third-order valence-electron chi connectivity index (χ3n) is 6.13. The SMILES string of the molecule is Cc1cc2ccc3c(C)cc4ccncc4c3c2c2c1ccc1ccccc12. The van der Waals surface area contributed by atoms with E-state index in [0.717, 1.165) is 0 Å². The van der Waals surface area contributed by atoms with Crippen molar-refractivity contribution in [3.8, 4) is 0 Å². The van der Waals surface area contributed by atoms with Crippen LogP contribution in [0.4, 0.5) is 0 Å². The van der Waals surface area contributed by atoms with Gasteiger partial charge in [0.1, 0.15) is 0 Å². The summed E-state index contributed by atoms with van der Waals surface area (Å²) in [4.78, 5) is 4.46. The summed E-state index contributed by atoms with van der Waals surface area (Å²) in [7, 11) is 0. The largest absolute Gasteiger partial charge is 0.264 e. The molecule has 0 aliphatic carbocycles. The van der Waals surface area contributed by atoms with E-state index in [2.05, 4.69) is 85.6 Å². The highest BCUT2D eigenvalue weighted by Crippen LogP contribution is 2.41. The molecular formula is C27H19N. The van der Waals surface area contributed by atoms with Crippen LogP contribution in [0.1, 0.15) is 11.1 Å². The molecule has 6 aromatic rings. The Morgan fingerprint density at radius 2 is 1.21 bits per heavy atom. The molecule has 132 valence electrons. The fraction of sp³-hybridized carbons (Fsp3) is 0.0741. The second-order valence-corrected chi connectivity index (χ2v) is 7.78. The molecule has 0 spiro atoms. The number of aryl methyl sites for hydroxylation is 2. The Morgan fingerprint density at radius 1 is 0.536 bits per heavy atom. The number of fused-ring (bicyclic) bond motifs is 9. The quantitative estimate of drug-likeness (QED) is 0.257. The third kappa shape index (κ3) is 1.99. The first-order chi connectivity index (χ1) is 13.7. The number of benzene rings is 5. The molecule has 0 aliphatic rings. The van der Waals surface area contributed by atoms with Crippen LogP contribution in [0.25, 0.3) is 53.9 Å². The van der Waals surface area contributed by atoms with Crippen LogP contribution in [0.5, 0.6) is 0 Å². The first-order valence-electron chi connectivity index (χ1n) is 9.73. The minimum Gasteiger partial charge on any atom is -0.264 e. The maximum Gasteiger partial charge on any atom is 0.0352 e. The Hall–Kier alpha value is -3.45. The predicted molar refractivity (Wildman–Crippen MR) is 121 cm³/mol. The number of pyridine rings is 1. The summed E-state index contributed by atoms with van der Waals surface area (Å²) in [6.07, 6.45) is 3.91. The van der Waals surface area contributed by atoms with E-state index in [-0.39, 0.29) is 0 Å². The van der Waals surface area contributed by atoms with Crippen LogP contribution in [0.2, 0.25) is 0 Å². The molecule has 0 radical (unpaired) electrons. The topological polar surface area (TPSA) is 12.9 Å². The van der Waals surface area contributed by atoms with E-state index in [0.29, 0.717) is 0 Å². The van der Waals surface area contributed by atoms with E-state index in [9.17, 15) is 0 Å². The average Bonchev–Trinajstić information content (AvgIpc) is 2.73. The number of hydrogen-bond donors (Lipinski definition) is 0. The van der Waals surface area contributed by atoms with Gasteiger partial charge in [-0.15, -0.1) is 0 Å². The molecule has 0 unspecified atom stereocenters. The summed E-state index contributed by atoms with van der Waals surface area (Å²) in [6, 6.07) is 24.5. The van der Waals surface area contributed by atoms with Crippen molar-refractivity contribution in [2.45, 2.75) is 13.8 Å². The van der Waals surface area contributed by atoms with Gasteiger partial charge in [-0.25, -0.2) is 0 Å². The van der Waals surface area contributed by atoms with E-state index in [1.54, 1.807) is 0 Å². The lowest BCUT2D eigenvalue weighted by molar-refractivity contribution is 1.37. The molecule has 0 atom stereocenters. The highest BCUT2D eigenvalue weighted by Gasteiger charge is 2.14. The van der Waals surface area contributed by atoms with Gasteiger partial charge in [-0.1, -0.05) is 60.7 Å². The summed E-state index contributed by atoms with van der Waals surface area (Å²) >= 11 is 0. The summed E-state index contributed by atoms with van der Waals surface area (Å²) < 4.78 is 0. The fourth-order valence-corrected chi connectivity index (χ4v) is 4.85. The van der Waals surface area contributed by atoms with E-state index in [1.807, 2.05) is 12.4 Å². The Morgan fingerprint density at radius 3 is 2.04 bits per heavy atom. The summed E-state index contributed by atoms with van der Waals surface area (Å²) in [5.41, 5.74) is 2.63. The van der Waals surface area contributed by atoms with Crippen molar-refractivity contribution in [3.63, 3.8) is 0 Å². The molecular weight excluding hydrogens is 338 g/mol. The van der Waals surface area contributed by atoms with E-state index >= 15 is 0 Å². The second kappa shape index (κ2) is 5.53. The predicted octanol–water partition coefficient (Wildman–Crippen LogP) is 7.46. The second-order valence-electron chi connectivity index (χ2n) is 7.78. The monoisotopic (exact) mass is 357 g/mol. The van der Waals surface area contributed by atoms with Crippen molar-refractivity contribution in [2.24, 2.45) is 0 Å². The Labute approximate surface area is 163 Å². The van der Waals surface area contributed by atoms with Gasteiger partial charge >= 0.3 is 0 Å². The van der Waals surface area contributed by atoms with Crippen LogP contribution < -0.4 is 0 Å². The minimum absolute atomic E-state index is 1.23. The molecule has 1 heterocycles. The van der Waals surface area contributed by atoms with Crippen molar-refractivity contribution in [1.29, 1.82) is 0 Å². The van der Waals surface area contributed by atoms with Crippen molar-refractivity contribution in [1.82, 2.24) is 4.98 Å². The van der Waals surface area contributed by atoms with Gasteiger partial charge in [0.25, 0.3) is 0 Å². The lowest BCUT2D eigenvalue weighted by Gasteiger charge is -2.15. The molecule has 1 heteroatoms. The smallest absolute Gasteiger partial charge is 0.0352 e. The zero-order valence-electron chi connectivity index (χ0n) is 16.0. The Balaban J connectivity index is 2.06. The maximum atomic E-state index is 4.46. The normalized spacial score (nSPS) is 11.9.